The Kier molecular flexibility index (Phi) is 4.19. The van der Waals surface area contributed by atoms with Crippen LogP contribution >= 0.6 is 0 Å². The Morgan fingerprint density at radius 2 is 1.77 bits per heavy atom. The first-order chi connectivity index (χ1) is 12.3. The molecule has 5 nitrogen and oxygen atoms in total. The molecule has 0 amide bonds. The second kappa shape index (κ2) is 6.21. The Balaban J connectivity index is 2.50. The summed E-state index contributed by atoms with van der Waals surface area (Å²) in [6.45, 7) is 0. The molecule has 0 bridgehead atoms. The number of hydrogen-bond acceptors (Lipinski definition) is 4. The molecule has 0 saturated carbocycles. The quantitative estimate of drug-likeness (QED) is 0.724. The predicted molar refractivity (Wildman–Crippen MR) is 88.1 cm³/mol. The van der Waals surface area contributed by atoms with Crippen LogP contribution in [-0.4, -0.2) is 28.7 Å². The number of hydrogen-bond donors (Lipinski definition) is 1. The van der Waals surface area contributed by atoms with E-state index in [1.807, 2.05) is 0 Å². The van der Waals surface area contributed by atoms with Crippen molar-refractivity contribution in [3.05, 3.63) is 64.4 Å². The number of nitrogens with zero attached hydrogens (tertiary/aromatic N) is 1. The molecule has 0 fully saturated rings. The van der Waals surface area contributed by atoms with Crippen molar-refractivity contribution in [1.29, 1.82) is 0 Å². The smallest absolute Gasteiger partial charge is 0.455 e. The van der Waals surface area contributed by atoms with Crippen molar-refractivity contribution in [3.63, 3.8) is 0 Å². The fraction of sp³-hybridized carbons (Fsp3) is 0.111. The van der Waals surface area contributed by atoms with E-state index in [0.717, 1.165) is 4.57 Å². The van der Waals surface area contributed by atoms with Crippen molar-refractivity contribution in [3.8, 4) is 17.2 Å². The van der Waals surface area contributed by atoms with Gasteiger partial charge in [-0.15, -0.1) is 0 Å². The number of pyridine rings is 1. The second-order valence-corrected chi connectivity index (χ2v) is 5.41. The third-order valence-electron chi connectivity index (χ3n) is 3.85. The van der Waals surface area contributed by atoms with Crippen LogP contribution < -0.4 is 10.3 Å². The Bertz CT molecular complexity index is 1060. The molecule has 0 radical (unpaired) electrons. The van der Waals surface area contributed by atoms with Crippen LogP contribution in [0.4, 0.5) is 13.2 Å². The number of ether oxygens (including phenoxy) is 1. The first kappa shape index (κ1) is 17.5. The van der Waals surface area contributed by atoms with E-state index in [0.29, 0.717) is 5.75 Å². The molecule has 0 unspecified atom stereocenters. The van der Waals surface area contributed by atoms with Crippen LogP contribution in [0, 0.1) is 0 Å². The number of aromatic nitrogens is 1. The number of Topliss-reactive ketones (excluding diaryl/α,β-unsaturated/α-hetero) is 1. The molecular formula is C18H12F3NO4. The number of carbonyl (C=O) groups is 1. The van der Waals surface area contributed by atoms with Gasteiger partial charge in [0.1, 0.15) is 17.1 Å². The molecule has 1 N–H and O–H groups in total. The van der Waals surface area contributed by atoms with E-state index in [9.17, 15) is 27.9 Å². The molecule has 26 heavy (non-hydrogen) atoms. The number of halogens is 3. The molecule has 0 atom stereocenters. The molecule has 2 aromatic carbocycles. The molecule has 8 heteroatoms. The summed E-state index contributed by atoms with van der Waals surface area (Å²) in [6.07, 6.45) is -5.30. The number of aromatic hydroxyl groups is 1. The first-order valence-electron chi connectivity index (χ1n) is 7.38. The third-order valence-corrected chi connectivity index (χ3v) is 3.85. The minimum atomic E-state index is -5.30. The number of alkyl halides is 3. The number of para-hydroxylation sites is 1. The highest BCUT2D eigenvalue weighted by Gasteiger charge is 2.43. The van der Waals surface area contributed by atoms with E-state index in [1.165, 1.54) is 37.4 Å². The number of benzene rings is 2. The maximum Gasteiger partial charge on any atom is 0.455 e. The molecular weight excluding hydrogens is 351 g/mol. The standard InChI is InChI=1S/C18H12F3NO4/c1-26-11-7-8-12-13(9-11)22(10-5-3-2-4-6-10)17(25)14(15(12)23)16(24)18(19,20)21/h2-9,23H,1H3. The van der Waals surface area contributed by atoms with Crippen LogP contribution in [0.2, 0.25) is 0 Å². The minimum Gasteiger partial charge on any atom is -0.506 e. The Labute approximate surface area is 144 Å². The summed E-state index contributed by atoms with van der Waals surface area (Å²) in [5, 5.41) is 10.1. The van der Waals surface area contributed by atoms with Gasteiger partial charge in [-0.05, 0) is 24.3 Å². The van der Waals surface area contributed by atoms with Gasteiger partial charge in [-0.3, -0.25) is 14.2 Å². The summed E-state index contributed by atoms with van der Waals surface area (Å²) in [4.78, 5) is 24.5. The van der Waals surface area contributed by atoms with Crippen LogP contribution in [0.1, 0.15) is 10.4 Å². The van der Waals surface area contributed by atoms with Crippen molar-refractivity contribution < 1.29 is 27.8 Å². The zero-order valence-corrected chi connectivity index (χ0v) is 13.4. The molecule has 1 heterocycles. The molecule has 3 aromatic rings. The number of fused-ring (bicyclic) bond motifs is 1. The van der Waals surface area contributed by atoms with Crippen LogP contribution in [0.5, 0.6) is 11.5 Å². The minimum absolute atomic E-state index is 0.0816. The average Bonchev–Trinajstić information content (AvgIpc) is 2.61. The average molecular weight is 363 g/mol. The van der Waals surface area contributed by atoms with Crippen molar-refractivity contribution in [2.24, 2.45) is 0 Å². The fourth-order valence-electron chi connectivity index (χ4n) is 2.66. The van der Waals surface area contributed by atoms with Crippen molar-refractivity contribution in [2.75, 3.05) is 7.11 Å². The summed E-state index contributed by atoms with van der Waals surface area (Å²) in [5.74, 6) is -3.08. The van der Waals surface area contributed by atoms with Gasteiger partial charge in [-0.1, -0.05) is 18.2 Å². The van der Waals surface area contributed by atoms with Crippen LogP contribution in [0.3, 0.4) is 0 Å². The number of ketones is 1. The van der Waals surface area contributed by atoms with Gasteiger partial charge in [0.15, 0.2) is 0 Å². The number of carbonyl (C=O) groups excluding carboxylic acids is 1. The topological polar surface area (TPSA) is 68.5 Å². The summed E-state index contributed by atoms with van der Waals surface area (Å²) in [5.41, 5.74) is -2.24. The highest BCUT2D eigenvalue weighted by molar-refractivity contribution is 6.06. The van der Waals surface area contributed by atoms with Crippen LogP contribution in [0.15, 0.2) is 53.3 Å². The van der Waals surface area contributed by atoms with Gasteiger partial charge < -0.3 is 9.84 Å². The summed E-state index contributed by atoms with van der Waals surface area (Å²) in [7, 11) is 1.38. The van der Waals surface area contributed by atoms with Crippen molar-refractivity contribution >= 4 is 16.7 Å². The van der Waals surface area contributed by atoms with Gasteiger partial charge in [0, 0.05) is 17.1 Å². The van der Waals surface area contributed by atoms with Gasteiger partial charge in [-0.2, -0.15) is 13.2 Å². The molecule has 0 aliphatic carbocycles. The third kappa shape index (κ3) is 2.79. The SMILES string of the molecule is COc1ccc2c(O)c(C(=O)C(F)(F)F)c(=O)n(-c3ccccc3)c2c1. The first-order valence-corrected chi connectivity index (χ1v) is 7.38. The highest BCUT2D eigenvalue weighted by atomic mass is 19.4. The molecule has 134 valence electrons. The van der Waals surface area contributed by atoms with E-state index in [2.05, 4.69) is 0 Å². The van der Waals surface area contributed by atoms with Gasteiger partial charge in [0.2, 0.25) is 0 Å². The largest absolute Gasteiger partial charge is 0.506 e. The number of rotatable bonds is 3. The van der Waals surface area contributed by atoms with Crippen molar-refractivity contribution in [2.45, 2.75) is 6.18 Å². The van der Waals surface area contributed by atoms with E-state index < -0.39 is 28.8 Å². The Morgan fingerprint density at radius 3 is 2.35 bits per heavy atom. The zero-order chi connectivity index (χ0) is 19.1. The van der Waals surface area contributed by atoms with Crippen LogP contribution in [0.25, 0.3) is 16.6 Å². The molecule has 0 aliphatic rings. The molecule has 1 aromatic heterocycles. The van der Waals surface area contributed by atoms with E-state index in [4.69, 9.17) is 4.74 Å². The molecule has 0 aliphatic heterocycles. The summed E-state index contributed by atoms with van der Waals surface area (Å²) >= 11 is 0. The Hall–Kier alpha value is -3.29. The van der Waals surface area contributed by atoms with Crippen molar-refractivity contribution in [1.82, 2.24) is 4.57 Å². The van der Waals surface area contributed by atoms with Gasteiger partial charge in [0.05, 0.1) is 12.6 Å². The lowest BCUT2D eigenvalue weighted by Gasteiger charge is -2.16. The second-order valence-electron chi connectivity index (χ2n) is 5.41. The van der Waals surface area contributed by atoms with E-state index in [1.54, 1.807) is 18.2 Å². The van der Waals surface area contributed by atoms with Crippen LogP contribution in [-0.2, 0) is 0 Å². The van der Waals surface area contributed by atoms with Gasteiger partial charge >= 0.3 is 6.18 Å². The zero-order valence-electron chi connectivity index (χ0n) is 13.4. The summed E-state index contributed by atoms with van der Waals surface area (Å²) in [6, 6.07) is 11.9. The van der Waals surface area contributed by atoms with E-state index in [-0.39, 0.29) is 16.6 Å². The lowest BCUT2D eigenvalue weighted by molar-refractivity contribution is -0.0887. The van der Waals surface area contributed by atoms with Gasteiger partial charge in [0.25, 0.3) is 11.3 Å². The fourth-order valence-corrected chi connectivity index (χ4v) is 2.66. The lowest BCUT2D eigenvalue weighted by Crippen LogP contribution is -2.32. The monoisotopic (exact) mass is 363 g/mol. The Morgan fingerprint density at radius 1 is 1.12 bits per heavy atom. The van der Waals surface area contributed by atoms with Gasteiger partial charge in [-0.25, -0.2) is 0 Å². The molecule has 0 saturated heterocycles. The lowest BCUT2D eigenvalue weighted by atomic mass is 10.1. The molecule has 3 rings (SSSR count). The maximum absolute atomic E-state index is 12.9. The normalized spacial score (nSPS) is 11.5. The summed E-state index contributed by atoms with van der Waals surface area (Å²) < 4.78 is 44.8. The molecule has 0 spiro atoms. The predicted octanol–water partition coefficient (Wildman–Crippen LogP) is 3.45. The highest BCUT2D eigenvalue weighted by Crippen LogP contribution is 2.33. The maximum atomic E-state index is 12.9. The number of methoxy groups -OCH3 is 1. The van der Waals surface area contributed by atoms with E-state index >= 15 is 0 Å².